The van der Waals surface area contributed by atoms with Gasteiger partial charge >= 0.3 is 0 Å². The summed E-state index contributed by atoms with van der Waals surface area (Å²) in [5.74, 6) is 4.83. The van der Waals surface area contributed by atoms with Crippen LogP contribution in [-0.4, -0.2) is 40.6 Å². The molecule has 4 rings (SSSR count). The van der Waals surface area contributed by atoms with Gasteiger partial charge in [-0.2, -0.15) is 4.36 Å². The van der Waals surface area contributed by atoms with Crippen LogP contribution in [0.15, 0.2) is 93.0 Å². The van der Waals surface area contributed by atoms with Crippen molar-refractivity contribution in [3.63, 3.8) is 0 Å². The molecule has 1 unspecified atom stereocenters. The Morgan fingerprint density at radius 3 is 2.56 bits per heavy atom. The third-order valence-corrected chi connectivity index (χ3v) is 7.16. The van der Waals surface area contributed by atoms with Crippen LogP contribution >= 0.6 is 0 Å². The lowest BCUT2D eigenvalue weighted by atomic mass is 10.1. The maximum absolute atomic E-state index is 13.0. The summed E-state index contributed by atoms with van der Waals surface area (Å²) in [6.07, 6.45) is 4.35. The number of aromatic nitrogens is 1. The van der Waals surface area contributed by atoms with Gasteiger partial charge in [-0.15, -0.1) is 0 Å². The third kappa shape index (κ3) is 7.06. The molecule has 0 radical (unpaired) electrons. The zero-order chi connectivity index (χ0) is 27.8. The lowest BCUT2D eigenvalue weighted by molar-refractivity contribution is -0.118. The molecular formula is C29H24N4O5S. The predicted molar refractivity (Wildman–Crippen MR) is 147 cm³/mol. The van der Waals surface area contributed by atoms with Crippen molar-refractivity contribution in [1.29, 1.82) is 0 Å². The summed E-state index contributed by atoms with van der Waals surface area (Å²) < 4.78 is 9.45. The maximum Gasteiger partial charge on any atom is 0.291 e. The molecular weight excluding hydrogens is 516 g/mol. The number of nitrogens with one attached hydrogen (secondary N) is 2. The average molecular weight is 541 g/mol. The highest BCUT2D eigenvalue weighted by Crippen LogP contribution is 2.22. The first-order chi connectivity index (χ1) is 18.8. The second-order valence-electron chi connectivity index (χ2n) is 8.23. The van der Waals surface area contributed by atoms with Crippen molar-refractivity contribution in [2.24, 2.45) is 4.36 Å². The van der Waals surface area contributed by atoms with E-state index in [-0.39, 0.29) is 34.6 Å². The molecule has 2 aromatic carbocycles. The standard InChI is InChI=1S/C29H24N4O5S/c1-19-12-13-38-27(19)29(37)32-23-7-5-6-20(15-23)10-11-21-14-22(17-31-16-21)28(36)33-39(18-26(35)30-2)25-9-4-3-8-24(25)34/h3-9,12-17,34H,18H2,1-2H3,(H,30,35)(H,32,37). The molecule has 3 N–H and O–H groups in total. The lowest BCUT2D eigenvalue weighted by Gasteiger charge is -2.09. The van der Waals surface area contributed by atoms with Gasteiger partial charge in [0.15, 0.2) is 5.76 Å². The number of para-hydroxylation sites is 1. The summed E-state index contributed by atoms with van der Waals surface area (Å²) >= 11 is 0. The van der Waals surface area contributed by atoms with Gasteiger partial charge in [0.25, 0.3) is 11.8 Å². The van der Waals surface area contributed by atoms with E-state index in [1.807, 2.05) is 0 Å². The number of carbonyl (C=O) groups excluding carboxylic acids is 3. The number of phenols is 1. The molecule has 0 spiro atoms. The van der Waals surface area contributed by atoms with Crippen molar-refractivity contribution in [3.05, 3.63) is 107 Å². The van der Waals surface area contributed by atoms with Crippen LogP contribution in [0.1, 0.15) is 37.6 Å². The maximum atomic E-state index is 13.0. The fourth-order valence-corrected chi connectivity index (χ4v) is 4.96. The summed E-state index contributed by atoms with van der Waals surface area (Å²) in [5.41, 5.74) is 2.60. The minimum absolute atomic E-state index is 0.0447. The molecule has 2 aromatic heterocycles. The summed E-state index contributed by atoms with van der Waals surface area (Å²) in [6, 6.07) is 16.7. The molecule has 0 bridgehead atoms. The van der Waals surface area contributed by atoms with Crippen molar-refractivity contribution >= 4 is 34.1 Å². The number of benzene rings is 2. The molecule has 0 aliphatic rings. The summed E-state index contributed by atoms with van der Waals surface area (Å²) in [4.78, 5) is 42.0. The normalized spacial score (nSPS) is 11.2. The van der Waals surface area contributed by atoms with E-state index in [9.17, 15) is 19.5 Å². The Bertz CT molecular complexity index is 1650. The Morgan fingerprint density at radius 1 is 1.03 bits per heavy atom. The molecule has 39 heavy (non-hydrogen) atoms. The number of nitrogens with zero attached hydrogens (tertiary/aromatic N) is 2. The van der Waals surface area contributed by atoms with Crippen LogP contribution in [0.4, 0.5) is 5.69 Å². The molecule has 0 saturated carbocycles. The number of furan rings is 1. The molecule has 1 atom stereocenters. The number of aryl methyl sites for hydroxylation is 1. The van der Waals surface area contributed by atoms with Crippen LogP contribution in [0.3, 0.4) is 0 Å². The van der Waals surface area contributed by atoms with Gasteiger partial charge in [0.05, 0.1) is 22.5 Å². The Kier molecular flexibility index (Phi) is 8.66. The minimum Gasteiger partial charge on any atom is -0.507 e. The largest absolute Gasteiger partial charge is 0.507 e. The molecule has 0 aliphatic carbocycles. The number of aromatic hydroxyl groups is 1. The van der Waals surface area contributed by atoms with Gasteiger partial charge < -0.3 is 20.2 Å². The van der Waals surface area contributed by atoms with Crippen LogP contribution in [0.2, 0.25) is 0 Å². The lowest BCUT2D eigenvalue weighted by Crippen LogP contribution is -2.24. The van der Waals surface area contributed by atoms with Crippen molar-refractivity contribution in [2.45, 2.75) is 11.8 Å². The second kappa shape index (κ2) is 12.5. The van der Waals surface area contributed by atoms with Crippen molar-refractivity contribution in [2.75, 3.05) is 18.1 Å². The number of amides is 3. The number of hydrogen-bond acceptors (Lipinski definition) is 6. The fraction of sp³-hybridized carbons (Fsp3) is 0.103. The number of anilines is 1. The summed E-state index contributed by atoms with van der Waals surface area (Å²) in [6.45, 7) is 1.79. The van der Waals surface area contributed by atoms with Gasteiger partial charge in [-0.25, -0.2) is 0 Å². The molecule has 10 heteroatoms. The van der Waals surface area contributed by atoms with E-state index >= 15 is 0 Å². The number of hydrogen-bond donors (Lipinski definition) is 3. The van der Waals surface area contributed by atoms with E-state index in [0.717, 1.165) is 5.56 Å². The highest BCUT2D eigenvalue weighted by Gasteiger charge is 2.15. The second-order valence-corrected chi connectivity index (χ2v) is 9.87. The van der Waals surface area contributed by atoms with E-state index in [4.69, 9.17) is 4.42 Å². The number of pyridine rings is 1. The average Bonchev–Trinajstić information content (AvgIpc) is 3.38. The van der Waals surface area contributed by atoms with E-state index in [1.54, 1.807) is 61.5 Å². The molecule has 4 aromatic rings. The Balaban J connectivity index is 1.54. The minimum atomic E-state index is -1.21. The number of rotatable bonds is 6. The first-order valence-electron chi connectivity index (χ1n) is 11.7. The summed E-state index contributed by atoms with van der Waals surface area (Å²) in [7, 11) is 0.280. The molecule has 196 valence electrons. The Hall–Kier alpha value is -5.01. The van der Waals surface area contributed by atoms with Crippen molar-refractivity contribution in [1.82, 2.24) is 10.3 Å². The van der Waals surface area contributed by atoms with Gasteiger partial charge in [-0.3, -0.25) is 19.4 Å². The van der Waals surface area contributed by atoms with Crippen LogP contribution in [0.5, 0.6) is 5.75 Å². The summed E-state index contributed by atoms with van der Waals surface area (Å²) in [5, 5.41) is 15.6. The first kappa shape index (κ1) is 27.0. The quantitative estimate of drug-likeness (QED) is 0.316. The van der Waals surface area contributed by atoms with Gasteiger partial charge in [-0.05, 0) is 60.1 Å². The predicted octanol–water partition coefficient (Wildman–Crippen LogP) is 4.09. The highest BCUT2D eigenvalue weighted by atomic mass is 32.2. The SMILES string of the molecule is CNC(=O)CS(=NC(=O)c1cncc(C#Cc2cccc(NC(=O)c3occc3C)c2)c1)c1ccccc1O. The van der Waals surface area contributed by atoms with Gasteiger partial charge in [-0.1, -0.05) is 30.0 Å². The van der Waals surface area contributed by atoms with E-state index in [0.29, 0.717) is 21.7 Å². The van der Waals surface area contributed by atoms with Crippen molar-refractivity contribution in [3.8, 4) is 17.6 Å². The fourth-order valence-electron chi connectivity index (χ4n) is 3.40. The van der Waals surface area contributed by atoms with E-state index in [1.165, 1.54) is 31.8 Å². The molecule has 0 saturated heterocycles. The molecule has 9 nitrogen and oxygen atoms in total. The highest BCUT2D eigenvalue weighted by molar-refractivity contribution is 7.88. The smallest absolute Gasteiger partial charge is 0.291 e. The monoisotopic (exact) mass is 540 g/mol. The molecule has 0 aliphatic heterocycles. The number of carbonyl (C=O) groups is 3. The Morgan fingerprint density at radius 2 is 1.82 bits per heavy atom. The topological polar surface area (TPSA) is 134 Å². The molecule has 3 amide bonds. The molecule has 2 heterocycles. The Labute approximate surface area is 227 Å². The van der Waals surface area contributed by atoms with Crippen LogP contribution in [0, 0.1) is 18.8 Å². The van der Waals surface area contributed by atoms with Gasteiger partial charge in [0, 0.05) is 41.8 Å². The van der Waals surface area contributed by atoms with Crippen molar-refractivity contribution < 1.29 is 23.9 Å². The third-order valence-electron chi connectivity index (χ3n) is 5.38. The number of phenolic OH excluding ortho intramolecular Hbond substituents is 1. The van der Waals surface area contributed by atoms with Gasteiger partial charge in [0.2, 0.25) is 5.91 Å². The van der Waals surface area contributed by atoms with E-state index in [2.05, 4.69) is 31.8 Å². The zero-order valence-electron chi connectivity index (χ0n) is 21.1. The van der Waals surface area contributed by atoms with Crippen LogP contribution < -0.4 is 10.6 Å². The van der Waals surface area contributed by atoms with Crippen LogP contribution in [0.25, 0.3) is 0 Å². The van der Waals surface area contributed by atoms with Crippen LogP contribution in [-0.2, 0) is 15.5 Å². The van der Waals surface area contributed by atoms with Gasteiger partial charge in [0.1, 0.15) is 5.75 Å². The zero-order valence-corrected chi connectivity index (χ0v) is 21.9. The molecule has 0 fully saturated rings. The first-order valence-corrected chi connectivity index (χ1v) is 13.1. The van der Waals surface area contributed by atoms with E-state index < -0.39 is 16.6 Å².